The van der Waals surface area contributed by atoms with E-state index < -0.39 is 23.2 Å². The summed E-state index contributed by atoms with van der Waals surface area (Å²) in [5.41, 5.74) is -0.643. The number of ether oxygens (including phenoxy) is 2. The third-order valence-corrected chi connectivity index (χ3v) is 4.35. The van der Waals surface area contributed by atoms with Crippen molar-refractivity contribution in [2.45, 2.75) is 49.3 Å². The zero-order valence-electron chi connectivity index (χ0n) is 14.0. The largest absolute Gasteiger partial charge is 0.458 e. The van der Waals surface area contributed by atoms with Gasteiger partial charge in [-0.3, -0.25) is 9.69 Å². The molecule has 24 heavy (non-hydrogen) atoms. The summed E-state index contributed by atoms with van der Waals surface area (Å²) in [6, 6.07) is 9.39. The second-order valence-electron chi connectivity index (χ2n) is 6.29. The standard InChI is InChI=1S/C18H21NO4S/c1-5-11-22-15-12-14(20)19(15)16(17(21)23-18(2,3)4)24-13-9-7-6-8-10-13/h1,6-10,15-16H,11-12H2,2-4H3. The number of hydrogen-bond acceptors (Lipinski definition) is 5. The SMILES string of the molecule is C#CCOC1CC(=O)N1C(Sc1ccccc1)C(=O)OC(C)(C)C. The third-order valence-electron chi connectivity index (χ3n) is 3.16. The number of benzene rings is 1. The summed E-state index contributed by atoms with van der Waals surface area (Å²) in [4.78, 5) is 27.0. The summed E-state index contributed by atoms with van der Waals surface area (Å²) in [5.74, 6) is 1.75. The topological polar surface area (TPSA) is 55.8 Å². The number of likely N-dealkylation sites (tertiary alicyclic amines) is 1. The summed E-state index contributed by atoms with van der Waals surface area (Å²) in [7, 11) is 0. The van der Waals surface area contributed by atoms with Crippen molar-refractivity contribution in [2.75, 3.05) is 6.61 Å². The Morgan fingerprint density at radius 1 is 1.42 bits per heavy atom. The molecule has 0 N–H and O–H groups in total. The maximum Gasteiger partial charge on any atom is 0.340 e. The molecule has 1 amide bonds. The smallest absolute Gasteiger partial charge is 0.340 e. The lowest BCUT2D eigenvalue weighted by molar-refractivity contribution is -0.185. The van der Waals surface area contributed by atoms with Crippen LogP contribution in [-0.2, 0) is 19.1 Å². The monoisotopic (exact) mass is 347 g/mol. The molecule has 128 valence electrons. The highest BCUT2D eigenvalue weighted by Crippen LogP contribution is 2.34. The minimum Gasteiger partial charge on any atom is -0.458 e. The summed E-state index contributed by atoms with van der Waals surface area (Å²) in [6.07, 6.45) is 4.92. The van der Waals surface area contributed by atoms with Crippen molar-refractivity contribution in [1.29, 1.82) is 0 Å². The van der Waals surface area contributed by atoms with Crippen LogP contribution in [0.1, 0.15) is 27.2 Å². The number of thioether (sulfide) groups is 1. The van der Waals surface area contributed by atoms with Crippen molar-refractivity contribution in [3.63, 3.8) is 0 Å². The van der Waals surface area contributed by atoms with Gasteiger partial charge in [-0.1, -0.05) is 35.9 Å². The number of carbonyl (C=O) groups excluding carboxylic acids is 2. The number of esters is 1. The van der Waals surface area contributed by atoms with Crippen LogP contribution < -0.4 is 0 Å². The lowest BCUT2D eigenvalue weighted by atomic mass is 10.1. The minimum atomic E-state index is -0.810. The highest BCUT2D eigenvalue weighted by Gasteiger charge is 2.46. The number of carbonyl (C=O) groups is 2. The van der Waals surface area contributed by atoms with Crippen LogP contribution in [0.25, 0.3) is 0 Å². The molecule has 5 nitrogen and oxygen atoms in total. The second kappa shape index (κ2) is 7.73. The van der Waals surface area contributed by atoms with Gasteiger partial charge < -0.3 is 9.47 Å². The molecule has 6 heteroatoms. The maximum atomic E-state index is 12.6. The first kappa shape index (κ1) is 18.4. The van der Waals surface area contributed by atoms with Crippen molar-refractivity contribution in [3.05, 3.63) is 30.3 Å². The van der Waals surface area contributed by atoms with Gasteiger partial charge in [0.2, 0.25) is 5.91 Å². The fourth-order valence-electron chi connectivity index (χ4n) is 2.17. The number of hydrogen-bond donors (Lipinski definition) is 0. The van der Waals surface area contributed by atoms with E-state index in [0.29, 0.717) is 0 Å². The molecule has 1 saturated heterocycles. The average Bonchev–Trinajstić information content (AvgIpc) is 2.50. The van der Waals surface area contributed by atoms with Gasteiger partial charge in [-0.15, -0.1) is 6.42 Å². The van der Waals surface area contributed by atoms with E-state index in [0.717, 1.165) is 4.90 Å². The molecule has 0 saturated carbocycles. The quantitative estimate of drug-likeness (QED) is 0.343. The van der Waals surface area contributed by atoms with Crippen molar-refractivity contribution < 1.29 is 19.1 Å². The van der Waals surface area contributed by atoms with E-state index in [-0.39, 0.29) is 18.9 Å². The highest BCUT2D eigenvalue weighted by atomic mass is 32.2. The number of amides is 1. The molecule has 0 radical (unpaired) electrons. The van der Waals surface area contributed by atoms with Crippen LogP contribution in [0.15, 0.2) is 35.2 Å². The van der Waals surface area contributed by atoms with Gasteiger partial charge in [-0.2, -0.15) is 0 Å². The molecular formula is C18H21NO4S. The van der Waals surface area contributed by atoms with E-state index >= 15 is 0 Å². The summed E-state index contributed by atoms with van der Waals surface area (Å²) < 4.78 is 10.9. The Morgan fingerprint density at radius 2 is 2.08 bits per heavy atom. The van der Waals surface area contributed by atoms with E-state index in [1.165, 1.54) is 16.7 Å². The first-order valence-electron chi connectivity index (χ1n) is 7.62. The Hall–Kier alpha value is -1.97. The molecule has 1 aromatic rings. The van der Waals surface area contributed by atoms with E-state index in [2.05, 4.69) is 5.92 Å². The van der Waals surface area contributed by atoms with Crippen LogP contribution in [0.2, 0.25) is 0 Å². The lowest BCUT2D eigenvalue weighted by Gasteiger charge is -2.43. The molecule has 0 aromatic heterocycles. The van der Waals surface area contributed by atoms with Crippen LogP contribution in [0, 0.1) is 12.3 Å². The zero-order chi connectivity index (χ0) is 17.7. The number of terminal acetylenes is 1. The molecule has 2 unspecified atom stereocenters. The van der Waals surface area contributed by atoms with Crippen LogP contribution in [0.3, 0.4) is 0 Å². The summed E-state index contributed by atoms with van der Waals surface area (Å²) in [5, 5.41) is -0.810. The first-order valence-corrected chi connectivity index (χ1v) is 8.50. The Labute approximate surface area is 146 Å². The van der Waals surface area contributed by atoms with Crippen LogP contribution in [0.4, 0.5) is 0 Å². The number of β-lactam (4-membered cyclic amide) rings is 1. The summed E-state index contributed by atoms with van der Waals surface area (Å²) >= 11 is 1.26. The van der Waals surface area contributed by atoms with Crippen LogP contribution in [0.5, 0.6) is 0 Å². The second-order valence-corrected chi connectivity index (χ2v) is 7.45. The Kier molecular flexibility index (Phi) is 5.92. The normalized spacial score (nSPS) is 18.5. The predicted octanol–water partition coefficient (Wildman–Crippen LogP) is 2.65. The molecule has 1 aliphatic rings. The Morgan fingerprint density at radius 3 is 2.62 bits per heavy atom. The molecule has 2 rings (SSSR count). The van der Waals surface area contributed by atoms with Gasteiger partial charge in [0, 0.05) is 4.90 Å². The molecule has 1 aliphatic heterocycles. The van der Waals surface area contributed by atoms with E-state index in [1.807, 2.05) is 30.3 Å². The first-order chi connectivity index (χ1) is 11.3. The molecular weight excluding hydrogens is 326 g/mol. The van der Waals surface area contributed by atoms with Gasteiger partial charge in [0.25, 0.3) is 0 Å². The van der Waals surface area contributed by atoms with Gasteiger partial charge in [0.1, 0.15) is 18.4 Å². The Bertz CT molecular complexity index is 633. The minimum absolute atomic E-state index is 0.0888. The van der Waals surface area contributed by atoms with Crippen molar-refractivity contribution in [2.24, 2.45) is 0 Å². The maximum absolute atomic E-state index is 12.6. The summed E-state index contributed by atoms with van der Waals surface area (Å²) in [6.45, 7) is 5.46. The van der Waals surface area contributed by atoms with Crippen molar-refractivity contribution in [1.82, 2.24) is 4.90 Å². The van der Waals surface area contributed by atoms with E-state index in [9.17, 15) is 9.59 Å². The predicted molar refractivity (Wildman–Crippen MR) is 92.0 cm³/mol. The van der Waals surface area contributed by atoms with E-state index in [1.54, 1.807) is 20.8 Å². The zero-order valence-corrected chi connectivity index (χ0v) is 14.8. The molecule has 0 bridgehead atoms. The highest BCUT2D eigenvalue weighted by molar-refractivity contribution is 8.00. The number of rotatable bonds is 6. The molecule has 1 aromatic carbocycles. The van der Waals surface area contributed by atoms with Gasteiger partial charge in [-0.05, 0) is 32.9 Å². The van der Waals surface area contributed by atoms with Crippen LogP contribution in [-0.4, -0.2) is 40.6 Å². The molecule has 2 atom stereocenters. The average molecular weight is 347 g/mol. The third kappa shape index (κ3) is 4.76. The van der Waals surface area contributed by atoms with Crippen molar-refractivity contribution in [3.8, 4) is 12.3 Å². The fourth-order valence-corrected chi connectivity index (χ4v) is 3.25. The van der Waals surface area contributed by atoms with E-state index in [4.69, 9.17) is 15.9 Å². The molecule has 1 heterocycles. The molecule has 0 aliphatic carbocycles. The molecule has 1 fully saturated rings. The van der Waals surface area contributed by atoms with Gasteiger partial charge >= 0.3 is 5.97 Å². The van der Waals surface area contributed by atoms with Crippen LogP contribution >= 0.6 is 11.8 Å². The van der Waals surface area contributed by atoms with Gasteiger partial charge in [-0.25, -0.2) is 4.79 Å². The number of nitrogens with zero attached hydrogens (tertiary/aromatic N) is 1. The Balaban J connectivity index is 2.20. The van der Waals surface area contributed by atoms with Crippen molar-refractivity contribution >= 4 is 23.6 Å². The molecule has 0 spiro atoms. The van der Waals surface area contributed by atoms with Gasteiger partial charge in [0.15, 0.2) is 5.37 Å². The fraction of sp³-hybridized carbons (Fsp3) is 0.444. The van der Waals surface area contributed by atoms with Gasteiger partial charge in [0.05, 0.1) is 6.42 Å². The lowest BCUT2D eigenvalue weighted by Crippen LogP contribution is -2.60.